The molecule has 4 aliphatic rings. The van der Waals surface area contributed by atoms with Gasteiger partial charge in [0.05, 0.1) is 5.71 Å². The van der Waals surface area contributed by atoms with Crippen molar-refractivity contribution in [2.24, 2.45) is 39.7 Å². The van der Waals surface area contributed by atoms with Gasteiger partial charge in [0.1, 0.15) is 0 Å². The van der Waals surface area contributed by atoms with Crippen molar-refractivity contribution >= 4 is 5.71 Å². The predicted molar refractivity (Wildman–Crippen MR) is 85.6 cm³/mol. The van der Waals surface area contributed by atoms with Crippen LogP contribution in [0, 0.1) is 34.5 Å². The molecule has 0 radical (unpaired) electrons. The molecular weight excluding hydrogens is 258 g/mol. The second-order valence-electron chi connectivity index (χ2n) is 9.11. The number of hydrogen-bond donors (Lipinski definition) is 1. The molecule has 0 spiro atoms. The van der Waals surface area contributed by atoms with E-state index in [2.05, 4.69) is 19.0 Å². The van der Waals surface area contributed by atoms with E-state index in [1.54, 1.807) is 0 Å². The van der Waals surface area contributed by atoms with Gasteiger partial charge in [-0.1, -0.05) is 25.4 Å². The molecule has 4 saturated carbocycles. The largest absolute Gasteiger partial charge is 0.411 e. The Morgan fingerprint density at radius 3 is 2.67 bits per heavy atom. The van der Waals surface area contributed by atoms with Crippen molar-refractivity contribution in [3.05, 3.63) is 0 Å². The Kier molecular flexibility index (Phi) is 3.17. The van der Waals surface area contributed by atoms with Crippen molar-refractivity contribution in [2.75, 3.05) is 0 Å². The lowest BCUT2D eigenvalue weighted by molar-refractivity contribution is -0.0921. The molecule has 2 heteroatoms. The van der Waals surface area contributed by atoms with Crippen molar-refractivity contribution in [2.45, 2.75) is 78.1 Å². The van der Waals surface area contributed by atoms with E-state index < -0.39 is 0 Å². The van der Waals surface area contributed by atoms with Crippen LogP contribution in [-0.4, -0.2) is 10.9 Å². The minimum atomic E-state index is 0.529. The summed E-state index contributed by atoms with van der Waals surface area (Å²) in [4.78, 5) is 0. The lowest BCUT2D eigenvalue weighted by Gasteiger charge is -2.60. The molecule has 2 nitrogen and oxygen atoms in total. The van der Waals surface area contributed by atoms with Crippen molar-refractivity contribution in [3.63, 3.8) is 0 Å². The molecule has 0 aromatic rings. The first-order valence-electron chi connectivity index (χ1n) is 9.27. The SMILES string of the molecule is C[C@@]12CCC[C@H]1[C@@H]1CC[C@@H]3C/C(=N\O)CC[C@]3(C)[C@H]1CC2. The van der Waals surface area contributed by atoms with Crippen molar-refractivity contribution in [1.82, 2.24) is 0 Å². The average Bonchev–Trinajstić information content (AvgIpc) is 2.88. The van der Waals surface area contributed by atoms with Crippen LogP contribution in [0.25, 0.3) is 0 Å². The Labute approximate surface area is 129 Å². The third-order valence-electron chi connectivity index (χ3n) is 8.42. The molecule has 0 bridgehead atoms. The number of hydrogen-bond acceptors (Lipinski definition) is 2. The molecule has 0 saturated heterocycles. The van der Waals surface area contributed by atoms with Crippen LogP contribution < -0.4 is 0 Å². The van der Waals surface area contributed by atoms with Gasteiger partial charge in [0, 0.05) is 0 Å². The van der Waals surface area contributed by atoms with E-state index >= 15 is 0 Å². The van der Waals surface area contributed by atoms with E-state index in [9.17, 15) is 0 Å². The predicted octanol–water partition coefficient (Wildman–Crippen LogP) is 5.25. The number of nitrogens with zero attached hydrogens (tertiary/aromatic N) is 1. The zero-order valence-electron chi connectivity index (χ0n) is 13.8. The van der Waals surface area contributed by atoms with E-state index in [-0.39, 0.29) is 0 Å². The third-order valence-corrected chi connectivity index (χ3v) is 8.42. The lowest BCUT2D eigenvalue weighted by atomic mass is 9.45. The number of oxime groups is 1. The van der Waals surface area contributed by atoms with E-state index in [4.69, 9.17) is 5.21 Å². The Balaban J connectivity index is 1.61. The molecule has 4 rings (SSSR count). The maximum absolute atomic E-state index is 9.14. The molecule has 0 aliphatic heterocycles. The monoisotopic (exact) mass is 289 g/mol. The van der Waals surface area contributed by atoms with E-state index in [1.807, 2.05) is 0 Å². The van der Waals surface area contributed by atoms with Gasteiger partial charge in [-0.15, -0.1) is 0 Å². The van der Waals surface area contributed by atoms with Gasteiger partial charge in [0.25, 0.3) is 0 Å². The Morgan fingerprint density at radius 1 is 1.00 bits per heavy atom. The minimum Gasteiger partial charge on any atom is -0.411 e. The smallest absolute Gasteiger partial charge is 0.0574 e. The fraction of sp³-hybridized carbons (Fsp3) is 0.947. The highest BCUT2D eigenvalue weighted by Gasteiger charge is 2.57. The number of rotatable bonds is 0. The van der Waals surface area contributed by atoms with Crippen LogP contribution in [0.5, 0.6) is 0 Å². The zero-order chi connectivity index (χ0) is 14.7. The first-order chi connectivity index (χ1) is 10.1. The van der Waals surface area contributed by atoms with E-state index in [1.165, 1.54) is 51.4 Å². The Hall–Kier alpha value is -0.530. The molecule has 0 aromatic carbocycles. The molecule has 6 atom stereocenters. The summed E-state index contributed by atoms with van der Waals surface area (Å²) in [5, 5.41) is 12.7. The van der Waals surface area contributed by atoms with Crippen LogP contribution in [0.1, 0.15) is 78.1 Å². The van der Waals surface area contributed by atoms with Crippen LogP contribution in [0.3, 0.4) is 0 Å². The van der Waals surface area contributed by atoms with Crippen LogP contribution in [0.2, 0.25) is 0 Å². The Bertz CT molecular complexity index is 458. The van der Waals surface area contributed by atoms with Crippen LogP contribution in [0.15, 0.2) is 5.16 Å². The highest BCUT2D eigenvalue weighted by Crippen LogP contribution is 2.65. The molecule has 0 heterocycles. The normalized spacial score (nSPS) is 54.9. The fourth-order valence-electron chi connectivity index (χ4n) is 7.14. The van der Waals surface area contributed by atoms with Gasteiger partial charge in [-0.25, -0.2) is 0 Å². The first-order valence-corrected chi connectivity index (χ1v) is 9.27. The quantitative estimate of drug-likeness (QED) is 0.479. The maximum atomic E-state index is 9.14. The van der Waals surface area contributed by atoms with Crippen molar-refractivity contribution < 1.29 is 5.21 Å². The third kappa shape index (κ3) is 1.93. The molecule has 118 valence electrons. The first kappa shape index (κ1) is 14.1. The second-order valence-corrected chi connectivity index (χ2v) is 9.11. The molecular formula is C19H31NO. The minimum absolute atomic E-state index is 0.529. The van der Waals surface area contributed by atoms with Gasteiger partial charge in [0.15, 0.2) is 0 Å². The lowest BCUT2D eigenvalue weighted by Crippen LogP contribution is -2.52. The average molecular weight is 289 g/mol. The summed E-state index contributed by atoms with van der Waals surface area (Å²) in [7, 11) is 0. The molecule has 21 heavy (non-hydrogen) atoms. The second kappa shape index (κ2) is 4.73. The number of fused-ring (bicyclic) bond motifs is 5. The highest BCUT2D eigenvalue weighted by atomic mass is 16.4. The van der Waals surface area contributed by atoms with Gasteiger partial charge in [0.2, 0.25) is 0 Å². The van der Waals surface area contributed by atoms with Crippen LogP contribution in [-0.2, 0) is 0 Å². The highest BCUT2D eigenvalue weighted by molar-refractivity contribution is 5.85. The summed E-state index contributed by atoms with van der Waals surface area (Å²) in [6.45, 7) is 5.17. The Morgan fingerprint density at radius 2 is 1.86 bits per heavy atom. The van der Waals surface area contributed by atoms with Gasteiger partial charge in [-0.3, -0.25) is 0 Å². The topological polar surface area (TPSA) is 32.6 Å². The summed E-state index contributed by atoms with van der Waals surface area (Å²) >= 11 is 0. The standard InChI is InChI=1S/C19H31NO/c1-18-9-3-4-16(18)15-6-5-13-12-14(20-21)7-11-19(13,2)17(15)8-10-18/h13,15-17,21H,3-12H2,1-2H3/b20-14-/t13-,15+,16+,17+,18+,19+/m1/s1. The van der Waals surface area contributed by atoms with Gasteiger partial charge >= 0.3 is 0 Å². The molecule has 4 aliphatic carbocycles. The maximum Gasteiger partial charge on any atom is 0.0574 e. The van der Waals surface area contributed by atoms with Crippen LogP contribution >= 0.6 is 0 Å². The molecule has 4 fully saturated rings. The van der Waals surface area contributed by atoms with Gasteiger partial charge < -0.3 is 5.21 Å². The van der Waals surface area contributed by atoms with Crippen molar-refractivity contribution in [1.29, 1.82) is 0 Å². The molecule has 0 aromatic heterocycles. The summed E-state index contributed by atoms with van der Waals surface area (Å²) in [6.07, 6.45) is 13.6. The summed E-state index contributed by atoms with van der Waals surface area (Å²) < 4.78 is 0. The fourth-order valence-corrected chi connectivity index (χ4v) is 7.14. The summed E-state index contributed by atoms with van der Waals surface area (Å²) in [5.74, 6) is 3.75. The molecule has 0 unspecified atom stereocenters. The molecule has 0 amide bonds. The molecule has 1 N–H and O–H groups in total. The summed E-state index contributed by atoms with van der Waals surface area (Å²) in [5.41, 5.74) is 2.27. The van der Waals surface area contributed by atoms with Crippen molar-refractivity contribution in [3.8, 4) is 0 Å². The summed E-state index contributed by atoms with van der Waals surface area (Å²) in [6, 6.07) is 0. The van der Waals surface area contributed by atoms with E-state index in [0.717, 1.165) is 42.2 Å². The van der Waals surface area contributed by atoms with Gasteiger partial charge in [-0.2, -0.15) is 0 Å². The van der Waals surface area contributed by atoms with Crippen LogP contribution in [0.4, 0.5) is 0 Å². The zero-order valence-corrected chi connectivity index (χ0v) is 13.8. The van der Waals surface area contributed by atoms with E-state index in [0.29, 0.717) is 10.8 Å². The van der Waals surface area contributed by atoms with Gasteiger partial charge in [-0.05, 0) is 92.3 Å².